The molecule has 1 saturated heterocycles. The van der Waals surface area contributed by atoms with Crippen LogP contribution in [0.4, 0.5) is 13.2 Å². The Morgan fingerprint density at radius 2 is 1.54 bits per heavy atom. The molecule has 1 aliphatic rings. The van der Waals surface area contributed by atoms with E-state index in [9.17, 15) is 13.2 Å². The maximum atomic E-state index is 12.6. The summed E-state index contributed by atoms with van der Waals surface area (Å²) in [7, 11) is 2.10. The molecule has 0 aromatic heterocycles. The molecular weight excluding hydrogens is 339 g/mol. The maximum absolute atomic E-state index is 12.6. The molecule has 3 rings (SSSR count). The average Bonchev–Trinajstić information content (AvgIpc) is 2.61. The van der Waals surface area contributed by atoms with Gasteiger partial charge in [0.2, 0.25) is 0 Å². The second kappa shape index (κ2) is 7.96. The van der Waals surface area contributed by atoms with Crippen LogP contribution in [0.15, 0.2) is 48.5 Å². The normalized spacial score (nSPS) is 19.0. The van der Waals surface area contributed by atoms with Gasteiger partial charge >= 0.3 is 6.18 Å². The van der Waals surface area contributed by atoms with E-state index >= 15 is 0 Å². The SMILES string of the molecule is CN1CCC[C@@H](Oc2ccc(/C=C\c3ccc(C(F)(F)F)cc3)cc2)C1. The minimum absolute atomic E-state index is 0.224. The fourth-order valence-corrected chi connectivity index (χ4v) is 3.04. The lowest BCUT2D eigenvalue weighted by molar-refractivity contribution is -0.137. The van der Waals surface area contributed by atoms with Gasteiger partial charge in [-0.2, -0.15) is 13.2 Å². The Labute approximate surface area is 151 Å². The highest BCUT2D eigenvalue weighted by Gasteiger charge is 2.29. The summed E-state index contributed by atoms with van der Waals surface area (Å²) < 4.78 is 43.7. The molecule has 2 nitrogen and oxygen atoms in total. The Kier molecular flexibility index (Phi) is 5.67. The van der Waals surface area contributed by atoms with Crippen LogP contribution in [0.1, 0.15) is 29.5 Å². The first-order valence-corrected chi connectivity index (χ1v) is 8.71. The van der Waals surface area contributed by atoms with Crippen LogP contribution in [-0.4, -0.2) is 31.1 Å². The fourth-order valence-electron chi connectivity index (χ4n) is 3.04. The zero-order valence-corrected chi connectivity index (χ0v) is 14.7. The minimum Gasteiger partial charge on any atom is -0.489 e. The lowest BCUT2D eigenvalue weighted by atomic mass is 10.1. The first-order chi connectivity index (χ1) is 12.4. The van der Waals surface area contributed by atoms with E-state index in [1.54, 1.807) is 6.08 Å². The van der Waals surface area contributed by atoms with Crippen molar-refractivity contribution in [2.75, 3.05) is 20.1 Å². The van der Waals surface area contributed by atoms with Crippen molar-refractivity contribution in [3.05, 3.63) is 65.2 Å². The van der Waals surface area contributed by atoms with Gasteiger partial charge in [0.15, 0.2) is 0 Å². The number of likely N-dealkylation sites (N-methyl/N-ethyl adjacent to an activating group) is 1. The highest BCUT2D eigenvalue weighted by Crippen LogP contribution is 2.29. The number of halogens is 3. The van der Waals surface area contributed by atoms with Gasteiger partial charge in [-0.3, -0.25) is 0 Å². The molecule has 0 bridgehead atoms. The molecule has 0 N–H and O–H groups in total. The number of piperidine rings is 1. The van der Waals surface area contributed by atoms with Gasteiger partial charge in [-0.25, -0.2) is 0 Å². The van der Waals surface area contributed by atoms with Gasteiger partial charge in [0.1, 0.15) is 11.9 Å². The number of ether oxygens (including phenoxy) is 1. The van der Waals surface area contributed by atoms with Crippen LogP contribution >= 0.6 is 0 Å². The topological polar surface area (TPSA) is 12.5 Å². The smallest absolute Gasteiger partial charge is 0.416 e. The summed E-state index contributed by atoms with van der Waals surface area (Å²) in [6, 6.07) is 12.9. The monoisotopic (exact) mass is 361 g/mol. The predicted octanol–water partition coefficient (Wildman–Crippen LogP) is 5.35. The van der Waals surface area contributed by atoms with E-state index in [1.807, 2.05) is 30.3 Å². The summed E-state index contributed by atoms with van der Waals surface area (Å²) in [5, 5.41) is 0. The minimum atomic E-state index is -4.30. The van der Waals surface area contributed by atoms with E-state index in [0.717, 1.165) is 54.9 Å². The van der Waals surface area contributed by atoms with Crippen molar-refractivity contribution in [1.29, 1.82) is 0 Å². The van der Waals surface area contributed by atoms with Crippen LogP contribution in [0, 0.1) is 0 Å². The van der Waals surface area contributed by atoms with Crippen LogP contribution in [0.5, 0.6) is 5.75 Å². The van der Waals surface area contributed by atoms with E-state index in [2.05, 4.69) is 11.9 Å². The Hall–Kier alpha value is -2.27. The molecular formula is C21H22F3NO. The molecule has 2 aromatic carbocycles. The van der Waals surface area contributed by atoms with E-state index in [-0.39, 0.29) is 6.10 Å². The molecule has 2 aromatic rings. The highest BCUT2D eigenvalue weighted by molar-refractivity contribution is 5.69. The van der Waals surface area contributed by atoms with Crippen LogP contribution in [0.25, 0.3) is 12.2 Å². The largest absolute Gasteiger partial charge is 0.489 e. The summed E-state index contributed by atoms with van der Waals surface area (Å²) >= 11 is 0. The molecule has 0 spiro atoms. The van der Waals surface area contributed by atoms with E-state index < -0.39 is 11.7 Å². The lowest BCUT2D eigenvalue weighted by Gasteiger charge is -2.30. The molecule has 1 atom stereocenters. The molecule has 1 aliphatic heterocycles. The van der Waals surface area contributed by atoms with Gasteiger partial charge in [-0.05, 0) is 61.8 Å². The molecule has 138 valence electrons. The van der Waals surface area contributed by atoms with Crippen LogP contribution in [0.3, 0.4) is 0 Å². The van der Waals surface area contributed by atoms with Gasteiger partial charge in [0, 0.05) is 6.54 Å². The number of likely N-dealkylation sites (tertiary alicyclic amines) is 1. The molecule has 1 fully saturated rings. The number of nitrogens with zero attached hydrogens (tertiary/aromatic N) is 1. The summed E-state index contributed by atoms with van der Waals surface area (Å²) in [5.74, 6) is 0.844. The van der Waals surface area contributed by atoms with Gasteiger partial charge in [0.05, 0.1) is 5.56 Å². The maximum Gasteiger partial charge on any atom is 0.416 e. The highest BCUT2D eigenvalue weighted by atomic mass is 19.4. The first-order valence-electron chi connectivity index (χ1n) is 8.71. The predicted molar refractivity (Wildman–Crippen MR) is 98.0 cm³/mol. The number of hydrogen-bond donors (Lipinski definition) is 0. The average molecular weight is 361 g/mol. The van der Waals surface area contributed by atoms with Crippen molar-refractivity contribution in [3.8, 4) is 5.75 Å². The molecule has 0 aliphatic carbocycles. The number of alkyl halides is 3. The van der Waals surface area contributed by atoms with E-state index in [0.29, 0.717) is 0 Å². The summed E-state index contributed by atoms with van der Waals surface area (Å²) in [6.07, 6.45) is 1.81. The van der Waals surface area contributed by atoms with Gasteiger partial charge < -0.3 is 9.64 Å². The van der Waals surface area contributed by atoms with Crippen molar-refractivity contribution in [2.24, 2.45) is 0 Å². The Balaban J connectivity index is 1.59. The van der Waals surface area contributed by atoms with Crippen molar-refractivity contribution in [2.45, 2.75) is 25.1 Å². The zero-order valence-electron chi connectivity index (χ0n) is 14.7. The second-order valence-corrected chi connectivity index (χ2v) is 6.67. The molecule has 0 saturated carbocycles. The number of hydrogen-bond acceptors (Lipinski definition) is 2. The Morgan fingerprint density at radius 3 is 2.08 bits per heavy atom. The second-order valence-electron chi connectivity index (χ2n) is 6.67. The Morgan fingerprint density at radius 1 is 0.962 bits per heavy atom. The fraction of sp³-hybridized carbons (Fsp3) is 0.333. The molecule has 0 amide bonds. The third-order valence-electron chi connectivity index (χ3n) is 4.47. The molecule has 0 unspecified atom stereocenters. The van der Waals surface area contributed by atoms with Gasteiger partial charge in [-0.1, -0.05) is 36.4 Å². The molecule has 5 heteroatoms. The third kappa shape index (κ3) is 5.11. The lowest BCUT2D eigenvalue weighted by Crippen LogP contribution is -2.38. The van der Waals surface area contributed by atoms with Gasteiger partial charge in [-0.15, -0.1) is 0 Å². The first kappa shape index (κ1) is 18.5. The number of benzene rings is 2. The summed E-state index contributed by atoms with van der Waals surface area (Å²) in [6.45, 7) is 2.06. The Bertz CT molecular complexity index is 735. The van der Waals surface area contributed by atoms with Crippen molar-refractivity contribution >= 4 is 12.2 Å². The molecule has 0 radical (unpaired) electrons. The quantitative estimate of drug-likeness (QED) is 0.681. The van der Waals surface area contributed by atoms with Crippen molar-refractivity contribution in [1.82, 2.24) is 4.90 Å². The summed E-state index contributed by atoms with van der Waals surface area (Å²) in [4.78, 5) is 2.27. The van der Waals surface area contributed by atoms with Crippen LogP contribution in [0.2, 0.25) is 0 Å². The molecule has 1 heterocycles. The van der Waals surface area contributed by atoms with Crippen molar-refractivity contribution < 1.29 is 17.9 Å². The van der Waals surface area contributed by atoms with Crippen LogP contribution < -0.4 is 4.74 Å². The summed E-state index contributed by atoms with van der Waals surface area (Å²) in [5.41, 5.74) is 1.06. The third-order valence-corrected chi connectivity index (χ3v) is 4.47. The van der Waals surface area contributed by atoms with E-state index in [1.165, 1.54) is 12.1 Å². The van der Waals surface area contributed by atoms with Crippen LogP contribution in [-0.2, 0) is 6.18 Å². The van der Waals surface area contributed by atoms with E-state index in [4.69, 9.17) is 4.74 Å². The standard InChI is InChI=1S/C21H22F3NO/c1-25-14-2-3-20(15-25)26-19-12-8-17(9-13-19)5-4-16-6-10-18(11-7-16)21(22,23)24/h4-13,20H,2-3,14-15H2,1H3/b5-4-/t20-/m1/s1. The number of rotatable bonds is 4. The van der Waals surface area contributed by atoms with Gasteiger partial charge in [0.25, 0.3) is 0 Å². The molecule has 26 heavy (non-hydrogen) atoms. The zero-order chi connectivity index (χ0) is 18.6. The van der Waals surface area contributed by atoms with Crippen molar-refractivity contribution in [3.63, 3.8) is 0 Å².